The summed E-state index contributed by atoms with van der Waals surface area (Å²) in [6, 6.07) is -0.318. The normalized spacial score (nSPS) is 12.5. The number of H-pyrrole nitrogens is 1. The lowest BCUT2D eigenvalue weighted by Gasteiger charge is -2.09. The predicted molar refractivity (Wildman–Crippen MR) is 46.2 cm³/mol. The van der Waals surface area contributed by atoms with Crippen LogP contribution >= 0.6 is 12.2 Å². The lowest BCUT2D eigenvalue weighted by molar-refractivity contribution is -0.123. The number of aromatic nitrogens is 3. The molecule has 1 unspecified atom stereocenters. The Bertz CT molecular complexity index is 328. The third-order valence-electron chi connectivity index (χ3n) is 1.62. The minimum atomic E-state index is -0.318. The second-order valence-corrected chi connectivity index (χ2v) is 2.75. The van der Waals surface area contributed by atoms with Crippen molar-refractivity contribution in [3.8, 4) is 0 Å². The first-order chi connectivity index (χ1) is 5.66. The molecule has 2 N–H and O–H groups in total. The molecule has 12 heavy (non-hydrogen) atoms. The Morgan fingerprint density at radius 3 is 3.00 bits per heavy atom. The number of rotatable bonds is 2. The topological polar surface area (TPSA) is 62.7 Å². The smallest absolute Gasteiger partial charge is 0.242 e. The van der Waals surface area contributed by atoms with Crippen molar-refractivity contribution in [1.29, 1.82) is 0 Å². The first-order valence-electron chi connectivity index (χ1n) is 3.50. The molecule has 66 valence electrons. The molecule has 0 radical (unpaired) electrons. The fourth-order valence-electron chi connectivity index (χ4n) is 0.868. The minimum absolute atomic E-state index is 0.0903. The van der Waals surface area contributed by atoms with Gasteiger partial charge in [-0.3, -0.25) is 14.5 Å². The Kier molecular flexibility index (Phi) is 2.59. The van der Waals surface area contributed by atoms with Gasteiger partial charge in [0.1, 0.15) is 12.4 Å². The number of amides is 1. The molecule has 1 atom stereocenters. The zero-order valence-electron chi connectivity index (χ0n) is 6.87. The first kappa shape index (κ1) is 8.92. The van der Waals surface area contributed by atoms with Crippen LogP contribution in [0, 0.1) is 4.77 Å². The van der Waals surface area contributed by atoms with Gasteiger partial charge in [-0.2, -0.15) is 5.10 Å². The highest BCUT2D eigenvalue weighted by Gasteiger charge is 2.13. The quantitative estimate of drug-likeness (QED) is 0.651. The van der Waals surface area contributed by atoms with E-state index >= 15 is 0 Å². The van der Waals surface area contributed by atoms with E-state index in [2.05, 4.69) is 15.5 Å². The maximum atomic E-state index is 11.1. The molecule has 0 aliphatic rings. The minimum Gasteiger partial charge on any atom is -0.357 e. The van der Waals surface area contributed by atoms with Gasteiger partial charge in [-0.05, 0) is 19.1 Å². The highest BCUT2D eigenvalue weighted by atomic mass is 32.1. The molecular formula is C6H10N4OS. The molecule has 1 amide bonds. The van der Waals surface area contributed by atoms with E-state index in [1.165, 1.54) is 6.33 Å². The van der Waals surface area contributed by atoms with Crippen LogP contribution in [0.2, 0.25) is 0 Å². The van der Waals surface area contributed by atoms with Gasteiger partial charge >= 0.3 is 0 Å². The molecule has 1 heterocycles. The van der Waals surface area contributed by atoms with Crippen LogP contribution in [-0.4, -0.2) is 27.7 Å². The monoisotopic (exact) mass is 186 g/mol. The second-order valence-electron chi connectivity index (χ2n) is 2.36. The largest absolute Gasteiger partial charge is 0.357 e. The van der Waals surface area contributed by atoms with Crippen molar-refractivity contribution in [2.75, 3.05) is 7.05 Å². The van der Waals surface area contributed by atoms with Crippen LogP contribution in [0.1, 0.15) is 13.0 Å². The second kappa shape index (κ2) is 3.48. The molecule has 1 rings (SSSR count). The summed E-state index contributed by atoms with van der Waals surface area (Å²) in [7, 11) is 1.59. The van der Waals surface area contributed by atoms with Crippen molar-refractivity contribution in [1.82, 2.24) is 20.1 Å². The Balaban J connectivity index is 2.92. The standard InChI is InChI=1S/C6H10N4OS/c1-4(5(11)7-2)10-3-8-9-6(10)12/h3-4H,1-2H3,(H,7,11)(H,9,12). The summed E-state index contributed by atoms with van der Waals surface area (Å²) in [5.41, 5.74) is 0. The number of hydrogen-bond acceptors (Lipinski definition) is 3. The lowest BCUT2D eigenvalue weighted by Crippen LogP contribution is -2.27. The van der Waals surface area contributed by atoms with Crippen LogP contribution in [0.15, 0.2) is 6.33 Å². The molecule has 1 aromatic heterocycles. The van der Waals surface area contributed by atoms with E-state index in [-0.39, 0.29) is 11.9 Å². The van der Waals surface area contributed by atoms with Gasteiger partial charge in [-0.25, -0.2) is 0 Å². The average Bonchev–Trinajstić information content (AvgIpc) is 2.48. The highest BCUT2D eigenvalue weighted by molar-refractivity contribution is 7.71. The van der Waals surface area contributed by atoms with Crippen molar-refractivity contribution < 1.29 is 4.79 Å². The fraction of sp³-hybridized carbons (Fsp3) is 0.500. The Hall–Kier alpha value is -1.17. The maximum Gasteiger partial charge on any atom is 0.242 e. The van der Waals surface area contributed by atoms with Gasteiger partial charge in [-0.1, -0.05) is 0 Å². The molecule has 0 saturated carbocycles. The van der Waals surface area contributed by atoms with E-state index in [1.807, 2.05) is 0 Å². The number of nitrogens with one attached hydrogen (secondary N) is 2. The van der Waals surface area contributed by atoms with Crippen molar-refractivity contribution in [3.63, 3.8) is 0 Å². The summed E-state index contributed by atoms with van der Waals surface area (Å²) in [5, 5.41) is 8.82. The van der Waals surface area contributed by atoms with Crippen molar-refractivity contribution in [2.45, 2.75) is 13.0 Å². The van der Waals surface area contributed by atoms with Crippen LogP contribution < -0.4 is 5.32 Å². The zero-order chi connectivity index (χ0) is 9.14. The van der Waals surface area contributed by atoms with Crippen molar-refractivity contribution in [2.24, 2.45) is 0 Å². The van der Waals surface area contributed by atoms with Gasteiger partial charge in [0.25, 0.3) is 0 Å². The molecule has 0 aliphatic carbocycles. The molecule has 0 saturated heterocycles. The number of aromatic amines is 1. The number of carbonyl (C=O) groups excluding carboxylic acids is 1. The van der Waals surface area contributed by atoms with Crippen molar-refractivity contribution in [3.05, 3.63) is 11.1 Å². The van der Waals surface area contributed by atoms with Gasteiger partial charge < -0.3 is 5.32 Å². The van der Waals surface area contributed by atoms with E-state index < -0.39 is 0 Å². The predicted octanol–water partition coefficient (Wildman–Crippen LogP) is 0.248. The molecule has 0 aromatic carbocycles. The summed E-state index contributed by atoms with van der Waals surface area (Å²) in [6.45, 7) is 1.75. The molecule has 0 aliphatic heterocycles. The summed E-state index contributed by atoms with van der Waals surface area (Å²) in [5.74, 6) is -0.0903. The van der Waals surface area contributed by atoms with Crippen molar-refractivity contribution >= 4 is 18.1 Å². The summed E-state index contributed by atoms with van der Waals surface area (Å²) < 4.78 is 2.04. The van der Waals surface area contributed by atoms with E-state index in [9.17, 15) is 4.79 Å². The average molecular weight is 186 g/mol. The number of nitrogens with zero attached hydrogens (tertiary/aromatic N) is 2. The highest BCUT2D eigenvalue weighted by Crippen LogP contribution is 2.03. The Morgan fingerprint density at radius 1 is 1.92 bits per heavy atom. The Morgan fingerprint density at radius 2 is 2.58 bits per heavy atom. The van der Waals surface area contributed by atoms with Crippen LogP contribution in [0.4, 0.5) is 0 Å². The molecule has 1 aromatic rings. The van der Waals surface area contributed by atoms with E-state index in [0.717, 1.165) is 0 Å². The van der Waals surface area contributed by atoms with Gasteiger partial charge in [0.15, 0.2) is 4.77 Å². The summed E-state index contributed by atoms with van der Waals surface area (Å²) in [6.07, 6.45) is 1.50. The molecule has 0 fully saturated rings. The van der Waals surface area contributed by atoms with E-state index in [1.54, 1.807) is 18.5 Å². The van der Waals surface area contributed by atoms with Gasteiger partial charge in [0.05, 0.1) is 0 Å². The lowest BCUT2D eigenvalue weighted by atomic mass is 10.3. The molecule has 0 spiro atoms. The third-order valence-corrected chi connectivity index (χ3v) is 1.92. The first-order valence-corrected chi connectivity index (χ1v) is 3.90. The molecule has 0 bridgehead atoms. The van der Waals surface area contributed by atoms with Gasteiger partial charge in [-0.15, -0.1) is 0 Å². The summed E-state index contributed by atoms with van der Waals surface area (Å²) >= 11 is 4.89. The fourth-order valence-corrected chi connectivity index (χ4v) is 1.13. The molecule has 6 heteroatoms. The van der Waals surface area contributed by atoms with Gasteiger partial charge in [0.2, 0.25) is 5.91 Å². The van der Waals surface area contributed by atoms with Crippen LogP contribution in [-0.2, 0) is 4.79 Å². The van der Waals surface area contributed by atoms with Crippen LogP contribution in [0.3, 0.4) is 0 Å². The van der Waals surface area contributed by atoms with Gasteiger partial charge in [0, 0.05) is 7.05 Å². The number of carbonyl (C=O) groups is 1. The Labute approximate surface area is 74.8 Å². The summed E-state index contributed by atoms with van der Waals surface area (Å²) in [4.78, 5) is 11.1. The number of hydrogen-bond donors (Lipinski definition) is 2. The molecule has 5 nitrogen and oxygen atoms in total. The van der Waals surface area contributed by atoms with Crippen LogP contribution in [0.25, 0.3) is 0 Å². The third kappa shape index (κ3) is 1.53. The maximum absolute atomic E-state index is 11.1. The SMILES string of the molecule is CNC(=O)C(C)n1cn[nH]c1=S. The number of likely N-dealkylation sites (N-methyl/N-ethyl adjacent to an activating group) is 1. The molecular weight excluding hydrogens is 176 g/mol. The van der Waals surface area contributed by atoms with E-state index in [4.69, 9.17) is 12.2 Å². The van der Waals surface area contributed by atoms with E-state index in [0.29, 0.717) is 4.77 Å². The zero-order valence-corrected chi connectivity index (χ0v) is 7.68. The van der Waals surface area contributed by atoms with Crippen LogP contribution in [0.5, 0.6) is 0 Å².